The Balaban J connectivity index is 1.51. The summed E-state index contributed by atoms with van der Waals surface area (Å²) in [5.41, 5.74) is 2.66. The summed E-state index contributed by atoms with van der Waals surface area (Å²) >= 11 is 9.33. The number of carbonyl (C=O) groups excluding carboxylic acids is 2. The van der Waals surface area contributed by atoms with Gasteiger partial charge in [0.25, 0.3) is 5.91 Å². The second kappa shape index (κ2) is 10.7. The second-order valence-corrected chi connectivity index (χ2v) is 9.12. The first-order valence-corrected chi connectivity index (χ1v) is 11.5. The molecule has 1 heterocycles. The van der Waals surface area contributed by atoms with Gasteiger partial charge in [0.1, 0.15) is 5.75 Å². The lowest BCUT2D eigenvalue weighted by Crippen LogP contribution is -2.21. The second-order valence-electron chi connectivity index (χ2n) is 6.60. The van der Waals surface area contributed by atoms with Crippen molar-refractivity contribution < 1.29 is 19.1 Å². The molecule has 0 saturated carbocycles. The number of thiazole rings is 1. The number of halogens is 1. The topological polar surface area (TPSA) is 77.5 Å². The SMILES string of the molecule is COc1cc(Cl)c(C)cc1NC(=O)COC(=O)c1ccc(SCc2csc(C)n2)cc1. The summed E-state index contributed by atoms with van der Waals surface area (Å²) in [6.07, 6.45) is 0. The van der Waals surface area contributed by atoms with E-state index in [1.807, 2.05) is 31.4 Å². The third kappa shape index (κ3) is 6.46. The van der Waals surface area contributed by atoms with Gasteiger partial charge in [0.05, 0.1) is 29.1 Å². The molecule has 162 valence electrons. The van der Waals surface area contributed by atoms with Crippen LogP contribution in [0.15, 0.2) is 46.7 Å². The molecule has 6 nitrogen and oxygen atoms in total. The van der Waals surface area contributed by atoms with Crippen molar-refractivity contribution in [3.63, 3.8) is 0 Å². The fourth-order valence-electron chi connectivity index (χ4n) is 2.65. The number of aryl methyl sites for hydroxylation is 2. The third-order valence-corrected chi connectivity index (χ3v) is 6.51. The van der Waals surface area contributed by atoms with Crippen LogP contribution in [0.5, 0.6) is 5.75 Å². The van der Waals surface area contributed by atoms with Crippen LogP contribution >= 0.6 is 34.7 Å². The first kappa shape index (κ1) is 23.1. The van der Waals surface area contributed by atoms with E-state index in [-0.39, 0.29) is 0 Å². The molecule has 3 rings (SSSR count). The van der Waals surface area contributed by atoms with Crippen LogP contribution in [-0.2, 0) is 15.3 Å². The van der Waals surface area contributed by atoms with Crippen molar-refractivity contribution in [2.24, 2.45) is 0 Å². The molecule has 0 saturated heterocycles. The predicted octanol–water partition coefficient (Wildman–Crippen LogP) is 5.51. The van der Waals surface area contributed by atoms with E-state index in [4.69, 9.17) is 21.1 Å². The number of thioether (sulfide) groups is 1. The number of methoxy groups -OCH3 is 1. The molecule has 0 aliphatic rings. The number of carbonyl (C=O) groups is 2. The van der Waals surface area contributed by atoms with Crippen LogP contribution in [0.4, 0.5) is 5.69 Å². The van der Waals surface area contributed by atoms with Gasteiger partial charge in [-0.3, -0.25) is 4.79 Å². The molecule has 3 aromatic rings. The summed E-state index contributed by atoms with van der Waals surface area (Å²) in [4.78, 5) is 29.9. The van der Waals surface area contributed by atoms with Crippen LogP contribution in [0, 0.1) is 13.8 Å². The maximum atomic E-state index is 12.3. The summed E-state index contributed by atoms with van der Waals surface area (Å²) in [5.74, 6) is 0.151. The minimum absolute atomic E-state index is 0.376. The molecule has 0 unspecified atom stereocenters. The number of hydrogen-bond acceptors (Lipinski definition) is 7. The Morgan fingerprint density at radius 3 is 2.58 bits per heavy atom. The smallest absolute Gasteiger partial charge is 0.338 e. The maximum absolute atomic E-state index is 12.3. The van der Waals surface area contributed by atoms with Gasteiger partial charge in [-0.1, -0.05) is 11.6 Å². The van der Waals surface area contributed by atoms with E-state index in [2.05, 4.69) is 10.3 Å². The van der Waals surface area contributed by atoms with Gasteiger partial charge in [-0.25, -0.2) is 9.78 Å². The Morgan fingerprint density at radius 1 is 1.19 bits per heavy atom. The summed E-state index contributed by atoms with van der Waals surface area (Å²) in [6, 6.07) is 10.4. The number of aromatic nitrogens is 1. The minimum atomic E-state index is -0.568. The van der Waals surface area contributed by atoms with Crippen molar-refractivity contribution >= 4 is 52.3 Å². The number of rotatable bonds is 8. The van der Waals surface area contributed by atoms with Crippen LogP contribution in [0.2, 0.25) is 5.02 Å². The van der Waals surface area contributed by atoms with Gasteiger partial charge in [-0.15, -0.1) is 23.1 Å². The van der Waals surface area contributed by atoms with E-state index < -0.39 is 18.5 Å². The molecule has 1 aromatic heterocycles. The third-order valence-electron chi connectivity index (χ3n) is 4.23. The first-order valence-electron chi connectivity index (χ1n) is 9.30. The molecule has 1 N–H and O–H groups in total. The minimum Gasteiger partial charge on any atom is -0.495 e. The lowest BCUT2D eigenvalue weighted by Gasteiger charge is -2.12. The van der Waals surface area contributed by atoms with Crippen LogP contribution in [0.1, 0.15) is 26.6 Å². The number of amides is 1. The van der Waals surface area contributed by atoms with Crippen LogP contribution in [0.25, 0.3) is 0 Å². The molecular weight excluding hydrogens is 456 g/mol. The number of ether oxygens (including phenoxy) is 2. The number of esters is 1. The van der Waals surface area contributed by atoms with E-state index in [9.17, 15) is 9.59 Å². The molecule has 0 spiro atoms. The van der Waals surface area contributed by atoms with Crippen molar-refractivity contribution in [1.29, 1.82) is 0 Å². The van der Waals surface area contributed by atoms with E-state index >= 15 is 0 Å². The summed E-state index contributed by atoms with van der Waals surface area (Å²) in [5, 5.41) is 6.29. The molecule has 0 bridgehead atoms. The fraction of sp³-hybridized carbons (Fsp3) is 0.227. The van der Waals surface area contributed by atoms with E-state index in [0.717, 1.165) is 26.9 Å². The molecule has 0 radical (unpaired) electrons. The zero-order valence-electron chi connectivity index (χ0n) is 17.2. The molecule has 9 heteroatoms. The quantitative estimate of drug-likeness (QED) is 0.341. The Labute approximate surface area is 193 Å². The molecular formula is C22H21ClN2O4S2. The number of benzene rings is 2. The molecule has 0 fully saturated rings. The van der Waals surface area contributed by atoms with Crippen molar-refractivity contribution in [2.75, 3.05) is 19.0 Å². The molecule has 0 atom stereocenters. The van der Waals surface area contributed by atoms with E-state index in [1.165, 1.54) is 7.11 Å². The van der Waals surface area contributed by atoms with Crippen LogP contribution in [0.3, 0.4) is 0 Å². The number of nitrogens with one attached hydrogen (secondary N) is 1. The average molecular weight is 477 g/mol. The highest BCUT2D eigenvalue weighted by Crippen LogP contribution is 2.31. The van der Waals surface area contributed by atoms with Gasteiger partial charge < -0.3 is 14.8 Å². The van der Waals surface area contributed by atoms with E-state index in [0.29, 0.717) is 22.0 Å². The zero-order chi connectivity index (χ0) is 22.4. The number of anilines is 1. The van der Waals surface area contributed by atoms with Crippen molar-refractivity contribution in [2.45, 2.75) is 24.5 Å². The highest BCUT2D eigenvalue weighted by Gasteiger charge is 2.14. The van der Waals surface area contributed by atoms with Gasteiger partial charge in [0, 0.05) is 27.1 Å². The van der Waals surface area contributed by atoms with Gasteiger partial charge in [0.2, 0.25) is 0 Å². The Bertz CT molecular complexity index is 1080. The van der Waals surface area contributed by atoms with Crippen molar-refractivity contribution in [1.82, 2.24) is 4.98 Å². The van der Waals surface area contributed by atoms with Gasteiger partial charge in [0.15, 0.2) is 6.61 Å². The normalized spacial score (nSPS) is 10.6. The lowest BCUT2D eigenvalue weighted by atomic mass is 10.2. The Morgan fingerprint density at radius 2 is 1.94 bits per heavy atom. The van der Waals surface area contributed by atoms with Crippen LogP contribution in [-0.4, -0.2) is 30.6 Å². The summed E-state index contributed by atoms with van der Waals surface area (Å²) in [6.45, 7) is 3.38. The molecule has 2 aromatic carbocycles. The highest BCUT2D eigenvalue weighted by molar-refractivity contribution is 7.98. The Hall–Kier alpha value is -2.55. The molecule has 1 amide bonds. The van der Waals surface area contributed by atoms with Crippen LogP contribution < -0.4 is 10.1 Å². The largest absolute Gasteiger partial charge is 0.495 e. The maximum Gasteiger partial charge on any atom is 0.338 e. The van der Waals surface area contributed by atoms with Gasteiger partial charge in [-0.2, -0.15) is 0 Å². The average Bonchev–Trinajstić information content (AvgIpc) is 3.18. The lowest BCUT2D eigenvalue weighted by molar-refractivity contribution is -0.119. The van der Waals surface area contributed by atoms with Gasteiger partial charge >= 0.3 is 5.97 Å². The molecule has 0 aliphatic heterocycles. The van der Waals surface area contributed by atoms with E-state index in [1.54, 1.807) is 47.4 Å². The number of nitrogens with zero attached hydrogens (tertiary/aromatic N) is 1. The standard InChI is InChI=1S/C22H21ClN2O4S2/c1-13-8-19(20(28-3)9-18(13)23)25-21(26)10-29-22(27)15-4-6-17(7-5-15)31-12-16-11-30-14(2)24-16/h4-9,11H,10,12H2,1-3H3,(H,25,26). The Kier molecular flexibility index (Phi) is 7.95. The predicted molar refractivity (Wildman–Crippen MR) is 125 cm³/mol. The summed E-state index contributed by atoms with van der Waals surface area (Å²) in [7, 11) is 1.48. The fourth-order valence-corrected chi connectivity index (χ4v) is 4.31. The first-order chi connectivity index (χ1) is 14.9. The van der Waals surface area contributed by atoms with Gasteiger partial charge in [-0.05, 0) is 49.7 Å². The van der Waals surface area contributed by atoms with Crippen molar-refractivity contribution in [3.05, 3.63) is 68.6 Å². The highest BCUT2D eigenvalue weighted by atomic mass is 35.5. The summed E-state index contributed by atoms with van der Waals surface area (Å²) < 4.78 is 10.4. The van der Waals surface area contributed by atoms with Crippen molar-refractivity contribution in [3.8, 4) is 5.75 Å². The molecule has 31 heavy (non-hydrogen) atoms. The zero-order valence-corrected chi connectivity index (χ0v) is 19.6. The molecule has 0 aliphatic carbocycles. The monoisotopic (exact) mass is 476 g/mol. The number of hydrogen-bond donors (Lipinski definition) is 1.